The lowest BCUT2D eigenvalue weighted by Crippen LogP contribution is -2.00. The molecular formula is C17H15BrO4. The van der Waals surface area contributed by atoms with E-state index in [-0.39, 0.29) is 23.9 Å². The zero-order chi connectivity index (χ0) is 15.9. The lowest BCUT2D eigenvalue weighted by atomic mass is 10.1. The van der Waals surface area contributed by atoms with Crippen LogP contribution >= 0.6 is 15.9 Å². The summed E-state index contributed by atoms with van der Waals surface area (Å²) in [7, 11) is 1.50. The normalized spacial score (nSPS) is 10.8. The van der Waals surface area contributed by atoms with E-state index in [0.29, 0.717) is 5.75 Å². The van der Waals surface area contributed by atoms with E-state index in [0.717, 1.165) is 10.0 Å². The summed E-state index contributed by atoms with van der Waals surface area (Å²) in [6.07, 6.45) is 3.12. The molecule has 1 N–H and O–H groups in total. The molecule has 0 aliphatic rings. The predicted octanol–water partition coefficient (Wildman–Crippen LogP) is 4.03. The molecule has 5 heteroatoms. The Hall–Kier alpha value is -2.11. The Balaban J connectivity index is 2.12. The summed E-state index contributed by atoms with van der Waals surface area (Å²) in [6, 6.07) is 12.1. The van der Waals surface area contributed by atoms with Gasteiger partial charge in [-0.2, -0.15) is 0 Å². The fourth-order valence-electron chi connectivity index (χ4n) is 1.81. The van der Waals surface area contributed by atoms with Gasteiger partial charge in [0.15, 0.2) is 12.6 Å². The molecule has 2 aromatic rings. The molecule has 2 rings (SSSR count). The lowest BCUT2D eigenvalue weighted by molar-refractivity contribution is 0.0510. The van der Waals surface area contributed by atoms with Gasteiger partial charge in [0.25, 0.3) is 0 Å². The van der Waals surface area contributed by atoms with Crippen molar-refractivity contribution in [3.8, 4) is 11.5 Å². The van der Waals surface area contributed by atoms with Crippen molar-refractivity contribution in [1.82, 2.24) is 0 Å². The smallest absolute Gasteiger partial charge is 0.189 e. The number of phenolic OH excluding ortho intramolecular Hbond substituents is 1. The average Bonchev–Trinajstić information content (AvgIpc) is 2.51. The standard InChI is InChI=1S/C17H15BrO4/c1-21-11-22-14-6-7-15(17(20)10-14)16(19)8-5-12-3-2-4-13(18)9-12/h2-10,20H,11H2,1H3. The highest BCUT2D eigenvalue weighted by Gasteiger charge is 2.09. The number of halogens is 1. The lowest BCUT2D eigenvalue weighted by Gasteiger charge is -2.06. The van der Waals surface area contributed by atoms with Crippen LogP contribution in [0.4, 0.5) is 0 Å². The summed E-state index contributed by atoms with van der Waals surface area (Å²) in [5, 5.41) is 9.92. The van der Waals surface area contributed by atoms with Gasteiger partial charge in [-0.05, 0) is 35.9 Å². The van der Waals surface area contributed by atoms with Crippen LogP contribution in [0, 0.1) is 0 Å². The summed E-state index contributed by atoms with van der Waals surface area (Å²) in [4.78, 5) is 12.1. The highest BCUT2D eigenvalue weighted by atomic mass is 79.9. The number of ketones is 1. The first-order valence-electron chi connectivity index (χ1n) is 6.53. The first kappa shape index (κ1) is 16.3. The Bertz CT molecular complexity index is 695. The molecular weight excluding hydrogens is 348 g/mol. The van der Waals surface area contributed by atoms with Crippen molar-refractivity contribution < 1.29 is 19.4 Å². The van der Waals surface area contributed by atoms with Gasteiger partial charge in [0.1, 0.15) is 11.5 Å². The molecule has 0 aliphatic carbocycles. The number of ether oxygens (including phenoxy) is 2. The maximum atomic E-state index is 12.1. The van der Waals surface area contributed by atoms with Gasteiger partial charge in [-0.1, -0.05) is 34.1 Å². The number of carbonyl (C=O) groups is 1. The van der Waals surface area contributed by atoms with E-state index < -0.39 is 0 Å². The molecule has 0 heterocycles. The molecule has 0 aromatic heterocycles. The van der Waals surface area contributed by atoms with Crippen LogP contribution in [0.15, 0.2) is 53.0 Å². The Morgan fingerprint density at radius 1 is 1.27 bits per heavy atom. The number of aromatic hydroxyl groups is 1. The second-order valence-corrected chi connectivity index (χ2v) is 5.40. The fraction of sp³-hybridized carbons (Fsp3) is 0.118. The molecule has 0 atom stereocenters. The monoisotopic (exact) mass is 362 g/mol. The molecule has 0 aliphatic heterocycles. The number of methoxy groups -OCH3 is 1. The minimum atomic E-state index is -0.282. The van der Waals surface area contributed by atoms with Gasteiger partial charge in [0, 0.05) is 17.6 Å². The van der Waals surface area contributed by atoms with Crippen molar-refractivity contribution in [3.05, 3.63) is 64.1 Å². The van der Waals surface area contributed by atoms with E-state index in [4.69, 9.17) is 9.47 Å². The van der Waals surface area contributed by atoms with Crippen LogP contribution in [0.5, 0.6) is 11.5 Å². The Morgan fingerprint density at radius 3 is 2.77 bits per heavy atom. The number of benzene rings is 2. The Kier molecular flexibility index (Phi) is 5.75. The van der Waals surface area contributed by atoms with E-state index >= 15 is 0 Å². The van der Waals surface area contributed by atoms with Gasteiger partial charge in [-0.3, -0.25) is 4.79 Å². The minimum absolute atomic E-state index is 0.0789. The zero-order valence-electron chi connectivity index (χ0n) is 12.0. The number of allylic oxidation sites excluding steroid dienone is 1. The summed E-state index contributed by atoms with van der Waals surface area (Å²) < 4.78 is 10.9. The maximum Gasteiger partial charge on any atom is 0.189 e. The van der Waals surface area contributed by atoms with Gasteiger partial charge in [-0.25, -0.2) is 0 Å². The van der Waals surface area contributed by atoms with Crippen LogP contribution in [-0.4, -0.2) is 24.8 Å². The molecule has 0 amide bonds. The van der Waals surface area contributed by atoms with Crippen LogP contribution in [0.2, 0.25) is 0 Å². The number of hydrogen-bond acceptors (Lipinski definition) is 4. The Labute approximate surface area is 137 Å². The second-order valence-electron chi connectivity index (χ2n) is 4.48. The molecule has 0 unspecified atom stereocenters. The predicted molar refractivity (Wildman–Crippen MR) is 88.1 cm³/mol. The van der Waals surface area contributed by atoms with Crippen molar-refractivity contribution >= 4 is 27.8 Å². The highest BCUT2D eigenvalue weighted by Crippen LogP contribution is 2.24. The van der Waals surface area contributed by atoms with E-state index in [1.807, 2.05) is 24.3 Å². The van der Waals surface area contributed by atoms with Crippen LogP contribution in [0.1, 0.15) is 15.9 Å². The summed E-state index contributed by atoms with van der Waals surface area (Å²) >= 11 is 3.37. The molecule has 0 radical (unpaired) electrons. The fourth-order valence-corrected chi connectivity index (χ4v) is 2.23. The summed E-state index contributed by atoms with van der Waals surface area (Å²) in [6.45, 7) is 0.0789. The van der Waals surface area contributed by atoms with Gasteiger partial charge in [0.2, 0.25) is 0 Å². The van der Waals surface area contributed by atoms with Crippen LogP contribution < -0.4 is 4.74 Å². The van der Waals surface area contributed by atoms with Crippen molar-refractivity contribution in [2.24, 2.45) is 0 Å². The van der Waals surface area contributed by atoms with Crippen molar-refractivity contribution in [2.45, 2.75) is 0 Å². The first-order chi connectivity index (χ1) is 10.6. The van der Waals surface area contributed by atoms with E-state index in [1.165, 1.54) is 25.3 Å². The molecule has 22 heavy (non-hydrogen) atoms. The quantitative estimate of drug-likeness (QED) is 0.478. The Morgan fingerprint density at radius 2 is 2.09 bits per heavy atom. The SMILES string of the molecule is COCOc1ccc(C(=O)C=Cc2cccc(Br)c2)c(O)c1. The molecule has 0 saturated heterocycles. The number of carbonyl (C=O) groups excluding carboxylic acids is 1. The largest absolute Gasteiger partial charge is 0.507 e. The molecule has 2 aromatic carbocycles. The average molecular weight is 363 g/mol. The first-order valence-corrected chi connectivity index (χ1v) is 7.32. The third-order valence-electron chi connectivity index (χ3n) is 2.85. The number of phenols is 1. The minimum Gasteiger partial charge on any atom is -0.507 e. The second kappa shape index (κ2) is 7.77. The highest BCUT2D eigenvalue weighted by molar-refractivity contribution is 9.10. The van der Waals surface area contributed by atoms with Crippen molar-refractivity contribution in [3.63, 3.8) is 0 Å². The van der Waals surface area contributed by atoms with Crippen molar-refractivity contribution in [1.29, 1.82) is 0 Å². The molecule has 0 fully saturated rings. The van der Waals surface area contributed by atoms with E-state index in [2.05, 4.69) is 15.9 Å². The third kappa shape index (κ3) is 4.44. The third-order valence-corrected chi connectivity index (χ3v) is 3.35. The zero-order valence-corrected chi connectivity index (χ0v) is 13.5. The van der Waals surface area contributed by atoms with Gasteiger partial charge >= 0.3 is 0 Å². The molecule has 0 saturated carbocycles. The number of hydrogen-bond donors (Lipinski definition) is 1. The van der Waals surface area contributed by atoms with Crippen molar-refractivity contribution in [2.75, 3.05) is 13.9 Å². The summed E-state index contributed by atoms with van der Waals surface area (Å²) in [5.41, 5.74) is 1.11. The van der Waals surface area contributed by atoms with E-state index in [9.17, 15) is 9.90 Å². The molecule has 114 valence electrons. The van der Waals surface area contributed by atoms with Gasteiger partial charge < -0.3 is 14.6 Å². The molecule has 4 nitrogen and oxygen atoms in total. The molecule has 0 bridgehead atoms. The molecule has 0 spiro atoms. The van der Waals surface area contributed by atoms with Gasteiger partial charge in [0.05, 0.1) is 5.56 Å². The van der Waals surface area contributed by atoms with Crippen LogP contribution in [-0.2, 0) is 4.74 Å². The van der Waals surface area contributed by atoms with E-state index in [1.54, 1.807) is 12.1 Å². The van der Waals surface area contributed by atoms with Gasteiger partial charge in [-0.15, -0.1) is 0 Å². The maximum absolute atomic E-state index is 12.1. The number of rotatable bonds is 6. The van der Waals surface area contributed by atoms with Crippen LogP contribution in [0.25, 0.3) is 6.08 Å². The summed E-state index contributed by atoms with van der Waals surface area (Å²) in [5.74, 6) is 0.0279. The van der Waals surface area contributed by atoms with Crippen LogP contribution in [0.3, 0.4) is 0 Å². The topological polar surface area (TPSA) is 55.8 Å².